The second kappa shape index (κ2) is 6.36. The first-order valence-electron chi connectivity index (χ1n) is 4.71. The first-order valence-corrected chi connectivity index (χ1v) is 5.50. The van der Waals surface area contributed by atoms with E-state index < -0.39 is 17.2 Å². The SMILES string of the molecule is CC(=O)OCCOCn1cc(Br)c(=O)[nH]c1=O. The minimum Gasteiger partial charge on any atom is -0.463 e. The number of rotatable bonds is 5. The lowest BCUT2D eigenvalue weighted by atomic mass is 10.6. The molecule has 1 aromatic heterocycles. The molecule has 0 aliphatic carbocycles. The first-order chi connectivity index (χ1) is 8.00. The Morgan fingerprint density at radius 2 is 2.18 bits per heavy atom. The van der Waals surface area contributed by atoms with Crippen LogP contribution in [-0.2, 0) is 21.0 Å². The number of ether oxygens (including phenoxy) is 2. The zero-order valence-electron chi connectivity index (χ0n) is 9.07. The van der Waals surface area contributed by atoms with E-state index in [9.17, 15) is 14.4 Å². The van der Waals surface area contributed by atoms with E-state index >= 15 is 0 Å². The smallest absolute Gasteiger partial charge is 0.330 e. The van der Waals surface area contributed by atoms with E-state index in [0.29, 0.717) is 0 Å². The number of nitrogens with one attached hydrogen (secondary N) is 1. The molecule has 0 atom stereocenters. The van der Waals surface area contributed by atoms with Crippen LogP contribution in [-0.4, -0.2) is 28.7 Å². The van der Waals surface area contributed by atoms with Crippen LogP contribution in [0.25, 0.3) is 0 Å². The monoisotopic (exact) mass is 306 g/mol. The van der Waals surface area contributed by atoms with Crippen LogP contribution < -0.4 is 11.2 Å². The van der Waals surface area contributed by atoms with E-state index in [-0.39, 0.29) is 24.4 Å². The Hall–Kier alpha value is -1.41. The maximum absolute atomic E-state index is 11.3. The van der Waals surface area contributed by atoms with Gasteiger partial charge in [0.2, 0.25) is 0 Å². The van der Waals surface area contributed by atoms with Gasteiger partial charge >= 0.3 is 11.7 Å². The lowest BCUT2D eigenvalue weighted by Crippen LogP contribution is -2.30. The highest BCUT2D eigenvalue weighted by Crippen LogP contribution is 1.97. The fourth-order valence-electron chi connectivity index (χ4n) is 0.986. The molecule has 7 nitrogen and oxygen atoms in total. The molecule has 0 saturated heterocycles. The molecule has 0 radical (unpaired) electrons. The topological polar surface area (TPSA) is 90.4 Å². The highest BCUT2D eigenvalue weighted by molar-refractivity contribution is 9.10. The summed E-state index contributed by atoms with van der Waals surface area (Å²) in [5, 5.41) is 0. The van der Waals surface area contributed by atoms with Crippen molar-refractivity contribution in [1.82, 2.24) is 9.55 Å². The van der Waals surface area contributed by atoms with Gasteiger partial charge in [0, 0.05) is 13.1 Å². The Morgan fingerprint density at radius 1 is 1.47 bits per heavy atom. The number of halogens is 1. The van der Waals surface area contributed by atoms with Crippen LogP contribution >= 0.6 is 15.9 Å². The Bertz CT molecular complexity index is 507. The maximum atomic E-state index is 11.3. The Kier molecular flexibility index (Phi) is 5.11. The number of hydrogen-bond acceptors (Lipinski definition) is 5. The van der Waals surface area contributed by atoms with Crippen LogP contribution in [0, 0.1) is 0 Å². The summed E-state index contributed by atoms with van der Waals surface area (Å²) in [6, 6.07) is 0. The molecule has 94 valence electrons. The Balaban J connectivity index is 2.47. The predicted molar refractivity (Wildman–Crippen MR) is 61.6 cm³/mol. The number of aromatic amines is 1. The molecule has 0 amide bonds. The lowest BCUT2D eigenvalue weighted by Gasteiger charge is -2.06. The third-order valence-electron chi connectivity index (χ3n) is 1.73. The summed E-state index contributed by atoms with van der Waals surface area (Å²) in [6.45, 7) is 1.55. The van der Waals surface area contributed by atoms with E-state index in [4.69, 9.17) is 4.74 Å². The quantitative estimate of drug-likeness (QED) is 0.603. The minimum atomic E-state index is -0.564. The normalized spacial score (nSPS) is 10.2. The Morgan fingerprint density at radius 3 is 2.82 bits per heavy atom. The fourth-order valence-corrected chi connectivity index (χ4v) is 1.33. The van der Waals surface area contributed by atoms with Crippen molar-refractivity contribution in [2.45, 2.75) is 13.7 Å². The maximum Gasteiger partial charge on any atom is 0.330 e. The Labute approximate surface area is 104 Å². The van der Waals surface area contributed by atoms with Crippen molar-refractivity contribution in [3.8, 4) is 0 Å². The standard InChI is InChI=1S/C9H11BrN2O5/c1-6(13)17-3-2-16-5-12-4-7(10)8(14)11-9(12)15/h4H,2-3,5H2,1H3,(H,11,14,15). The van der Waals surface area contributed by atoms with Gasteiger partial charge in [-0.1, -0.05) is 0 Å². The molecule has 0 fully saturated rings. The molecule has 1 N–H and O–H groups in total. The second-order valence-corrected chi connectivity index (χ2v) is 3.94. The van der Waals surface area contributed by atoms with Crippen molar-refractivity contribution < 1.29 is 14.3 Å². The third-order valence-corrected chi connectivity index (χ3v) is 2.30. The van der Waals surface area contributed by atoms with E-state index in [1.807, 2.05) is 0 Å². The number of hydrogen-bond donors (Lipinski definition) is 1. The summed E-state index contributed by atoms with van der Waals surface area (Å²) in [5.41, 5.74) is -1.06. The number of aromatic nitrogens is 2. The predicted octanol–water partition coefficient (Wildman–Crippen LogP) is -0.164. The van der Waals surface area contributed by atoms with Crippen molar-refractivity contribution >= 4 is 21.9 Å². The average Bonchev–Trinajstić information content (AvgIpc) is 2.24. The molecular formula is C9H11BrN2O5. The van der Waals surface area contributed by atoms with Gasteiger partial charge in [-0.3, -0.25) is 19.1 Å². The molecule has 1 rings (SSSR count). The van der Waals surface area contributed by atoms with E-state index in [1.54, 1.807) is 0 Å². The van der Waals surface area contributed by atoms with Gasteiger partial charge in [0.05, 0.1) is 11.1 Å². The molecule has 1 aromatic rings. The summed E-state index contributed by atoms with van der Waals surface area (Å²) < 4.78 is 11.1. The molecule has 0 spiro atoms. The molecule has 0 saturated carbocycles. The van der Waals surface area contributed by atoms with Crippen molar-refractivity contribution in [1.29, 1.82) is 0 Å². The molecule has 0 aliphatic heterocycles. The second-order valence-electron chi connectivity index (χ2n) is 3.08. The molecule has 8 heteroatoms. The molecule has 0 aliphatic rings. The van der Waals surface area contributed by atoms with Crippen molar-refractivity contribution in [3.63, 3.8) is 0 Å². The van der Waals surface area contributed by atoms with Gasteiger partial charge in [-0.15, -0.1) is 0 Å². The van der Waals surface area contributed by atoms with Crippen LogP contribution in [0.15, 0.2) is 20.3 Å². The minimum absolute atomic E-state index is 0.0323. The van der Waals surface area contributed by atoms with Crippen molar-refractivity contribution in [3.05, 3.63) is 31.5 Å². The van der Waals surface area contributed by atoms with Crippen LogP contribution in [0.4, 0.5) is 0 Å². The van der Waals surface area contributed by atoms with Gasteiger partial charge in [-0.05, 0) is 15.9 Å². The van der Waals surface area contributed by atoms with Crippen LogP contribution in [0.2, 0.25) is 0 Å². The van der Waals surface area contributed by atoms with Gasteiger partial charge in [-0.2, -0.15) is 0 Å². The van der Waals surface area contributed by atoms with E-state index in [2.05, 4.69) is 25.7 Å². The van der Waals surface area contributed by atoms with E-state index in [1.165, 1.54) is 17.7 Å². The third kappa shape index (κ3) is 4.53. The van der Waals surface area contributed by atoms with Crippen LogP contribution in [0.5, 0.6) is 0 Å². The molecule has 0 aromatic carbocycles. The largest absolute Gasteiger partial charge is 0.463 e. The number of esters is 1. The van der Waals surface area contributed by atoms with Gasteiger partial charge in [0.25, 0.3) is 5.56 Å². The highest BCUT2D eigenvalue weighted by atomic mass is 79.9. The van der Waals surface area contributed by atoms with Gasteiger partial charge in [0.1, 0.15) is 13.3 Å². The van der Waals surface area contributed by atoms with E-state index in [0.717, 1.165) is 0 Å². The van der Waals surface area contributed by atoms with Gasteiger partial charge in [0.15, 0.2) is 0 Å². The number of H-pyrrole nitrogens is 1. The van der Waals surface area contributed by atoms with Gasteiger partial charge in [-0.25, -0.2) is 4.79 Å². The summed E-state index contributed by atoms with van der Waals surface area (Å²) in [5.74, 6) is -0.391. The van der Waals surface area contributed by atoms with Crippen LogP contribution in [0.1, 0.15) is 6.92 Å². The average molecular weight is 307 g/mol. The molecule has 0 bridgehead atoms. The fraction of sp³-hybridized carbons (Fsp3) is 0.444. The number of nitrogens with zero attached hydrogens (tertiary/aromatic N) is 1. The number of carbonyl (C=O) groups is 1. The summed E-state index contributed by atoms with van der Waals surface area (Å²) in [4.78, 5) is 34.9. The van der Waals surface area contributed by atoms with Crippen LogP contribution in [0.3, 0.4) is 0 Å². The summed E-state index contributed by atoms with van der Waals surface area (Å²) >= 11 is 2.99. The molecule has 17 heavy (non-hydrogen) atoms. The molecule has 0 unspecified atom stereocenters. The summed E-state index contributed by atoms with van der Waals surface area (Å²) in [7, 11) is 0. The van der Waals surface area contributed by atoms with Crippen molar-refractivity contribution in [2.75, 3.05) is 13.2 Å². The zero-order chi connectivity index (χ0) is 12.8. The van der Waals surface area contributed by atoms with Gasteiger partial charge < -0.3 is 9.47 Å². The zero-order valence-corrected chi connectivity index (χ0v) is 10.7. The first kappa shape index (κ1) is 13.7. The molecule has 1 heterocycles. The lowest BCUT2D eigenvalue weighted by molar-refractivity contribution is -0.142. The summed E-state index contributed by atoms with van der Waals surface area (Å²) in [6.07, 6.45) is 1.33. The molecular weight excluding hydrogens is 296 g/mol. The highest BCUT2D eigenvalue weighted by Gasteiger charge is 2.01. The number of carbonyl (C=O) groups excluding carboxylic acids is 1. The van der Waals surface area contributed by atoms with Crippen molar-refractivity contribution in [2.24, 2.45) is 0 Å².